The zero-order valence-electron chi connectivity index (χ0n) is 20.7. The second kappa shape index (κ2) is 11.0. The highest BCUT2D eigenvalue weighted by molar-refractivity contribution is 7.89. The first kappa shape index (κ1) is 26.7. The number of benzene rings is 3. The van der Waals surface area contributed by atoms with E-state index in [2.05, 4.69) is 14.9 Å². The molecule has 0 saturated carbocycles. The lowest BCUT2D eigenvalue weighted by Gasteiger charge is -2.16. The molecule has 11 heteroatoms. The van der Waals surface area contributed by atoms with E-state index in [0.29, 0.717) is 17.0 Å². The molecule has 1 heterocycles. The van der Waals surface area contributed by atoms with Crippen LogP contribution in [0.5, 0.6) is 0 Å². The Morgan fingerprint density at radius 2 is 1.61 bits per heavy atom. The number of nitrogens with zero attached hydrogens (tertiary/aromatic N) is 2. The number of sulfonamides is 1. The van der Waals surface area contributed by atoms with Crippen LogP contribution in [0.25, 0.3) is 22.5 Å². The average molecular weight is 535 g/mol. The van der Waals surface area contributed by atoms with Gasteiger partial charge >= 0.3 is 5.97 Å². The van der Waals surface area contributed by atoms with E-state index in [0.717, 1.165) is 16.7 Å². The summed E-state index contributed by atoms with van der Waals surface area (Å²) < 4.78 is 27.9. The number of non-ortho nitro benzene ring substituents is 1. The summed E-state index contributed by atoms with van der Waals surface area (Å²) in [5.74, 6) is -1.04. The maximum atomic E-state index is 12.8. The van der Waals surface area contributed by atoms with E-state index in [4.69, 9.17) is 0 Å². The molecule has 0 amide bonds. The molecule has 1 unspecified atom stereocenters. The van der Waals surface area contributed by atoms with Crippen LogP contribution in [0.15, 0.2) is 83.8 Å². The zero-order chi connectivity index (χ0) is 27.4. The molecule has 0 saturated heterocycles. The van der Waals surface area contributed by atoms with Gasteiger partial charge in [-0.1, -0.05) is 50.2 Å². The third kappa shape index (κ3) is 6.13. The number of aliphatic carboxylic acids is 1. The van der Waals surface area contributed by atoms with E-state index < -0.39 is 27.0 Å². The van der Waals surface area contributed by atoms with Gasteiger partial charge in [-0.15, -0.1) is 0 Å². The van der Waals surface area contributed by atoms with Gasteiger partial charge in [-0.25, -0.2) is 8.42 Å². The first-order valence-electron chi connectivity index (χ1n) is 11.8. The monoisotopic (exact) mass is 534 g/mol. The molecule has 1 atom stereocenters. The summed E-state index contributed by atoms with van der Waals surface area (Å²) in [6.45, 7) is 4.00. The van der Waals surface area contributed by atoms with Gasteiger partial charge in [0.15, 0.2) is 0 Å². The maximum absolute atomic E-state index is 12.8. The molecule has 0 aliphatic rings. The van der Waals surface area contributed by atoms with Crippen LogP contribution in [0.1, 0.15) is 30.9 Å². The Morgan fingerprint density at radius 1 is 1.00 bits per heavy atom. The van der Waals surface area contributed by atoms with Crippen molar-refractivity contribution in [1.29, 1.82) is 0 Å². The molecule has 0 radical (unpaired) electrons. The van der Waals surface area contributed by atoms with Crippen LogP contribution >= 0.6 is 0 Å². The standard InChI is InChI=1S/C27H26N4O6S/c1-17(2)19-9-13-23(14-10-19)38(36,37)30-26(27(32)33)15-18-3-5-20(6-4-18)24-16-25(29-28-24)21-7-11-22(12-8-21)31(34)35/h3-14,16-17,26,30H,15H2,1-2H3,(H,28,29)(H,32,33). The lowest BCUT2D eigenvalue weighted by atomic mass is 10.0. The molecule has 0 aliphatic carbocycles. The number of aromatic nitrogens is 2. The summed E-state index contributed by atoms with van der Waals surface area (Å²) in [6, 6.07) is 19.9. The van der Waals surface area contributed by atoms with Crippen LogP contribution < -0.4 is 4.72 Å². The van der Waals surface area contributed by atoms with Crippen LogP contribution in [0.4, 0.5) is 5.69 Å². The van der Waals surface area contributed by atoms with Crippen LogP contribution in [0.3, 0.4) is 0 Å². The molecule has 10 nitrogen and oxygen atoms in total. The fourth-order valence-corrected chi connectivity index (χ4v) is 5.08. The van der Waals surface area contributed by atoms with Crippen LogP contribution in [0, 0.1) is 10.1 Å². The Bertz CT molecular complexity index is 1540. The predicted molar refractivity (Wildman–Crippen MR) is 142 cm³/mol. The average Bonchev–Trinajstić information content (AvgIpc) is 3.39. The molecule has 3 N–H and O–H groups in total. The van der Waals surface area contributed by atoms with Gasteiger partial charge in [-0.2, -0.15) is 9.82 Å². The van der Waals surface area contributed by atoms with Crippen molar-refractivity contribution in [3.63, 3.8) is 0 Å². The highest BCUT2D eigenvalue weighted by atomic mass is 32.2. The van der Waals surface area contributed by atoms with Crippen LogP contribution in [0.2, 0.25) is 0 Å². The van der Waals surface area contributed by atoms with Crippen molar-refractivity contribution < 1.29 is 23.2 Å². The number of nitro groups is 1. The lowest BCUT2D eigenvalue weighted by molar-refractivity contribution is -0.384. The van der Waals surface area contributed by atoms with E-state index in [1.807, 2.05) is 13.8 Å². The smallest absolute Gasteiger partial charge is 0.322 e. The molecule has 0 spiro atoms. The largest absolute Gasteiger partial charge is 0.480 e. The minimum atomic E-state index is -4.03. The van der Waals surface area contributed by atoms with Gasteiger partial charge in [0.1, 0.15) is 6.04 Å². The zero-order valence-corrected chi connectivity index (χ0v) is 21.5. The number of hydrogen-bond acceptors (Lipinski definition) is 6. The summed E-state index contributed by atoms with van der Waals surface area (Å²) >= 11 is 0. The third-order valence-corrected chi connectivity index (χ3v) is 7.60. The number of carboxylic acids is 1. The van der Waals surface area contributed by atoms with E-state index in [-0.39, 0.29) is 22.9 Å². The van der Waals surface area contributed by atoms with Gasteiger partial charge in [-0.3, -0.25) is 20.0 Å². The van der Waals surface area contributed by atoms with Crippen molar-refractivity contribution in [1.82, 2.24) is 14.9 Å². The van der Waals surface area contributed by atoms with Crippen LogP contribution in [-0.2, 0) is 21.2 Å². The summed E-state index contributed by atoms with van der Waals surface area (Å²) in [5.41, 5.74) is 4.42. The second-order valence-corrected chi connectivity index (χ2v) is 10.8. The van der Waals surface area contributed by atoms with E-state index in [1.165, 1.54) is 24.3 Å². The normalized spacial score (nSPS) is 12.4. The summed E-state index contributed by atoms with van der Waals surface area (Å²) in [6.07, 6.45) is -0.0481. The summed E-state index contributed by atoms with van der Waals surface area (Å²) in [7, 11) is -4.03. The maximum Gasteiger partial charge on any atom is 0.322 e. The van der Waals surface area contributed by atoms with Gasteiger partial charge in [0.2, 0.25) is 10.0 Å². The van der Waals surface area contributed by atoms with E-state index in [9.17, 15) is 28.4 Å². The molecule has 196 valence electrons. The number of carboxylic acid groups (broad SMARTS) is 1. The molecule has 0 fully saturated rings. The van der Waals surface area contributed by atoms with Gasteiger partial charge in [0.25, 0.3) is 5.69 Å². The Morgan fingerprint density at radius 3 is 2.16 bits per heavy atom. The van der Waals surface area contributed by atoms with E-state index >= 15 is 0 Å². The number of rotatable bonds is 10. The van der Waals surface area contributed by atoms with Crippen molar-refractivity contribution in [2.45, 2.75) is 37.1 Å². The Labute approximate surface area is 219 Å². The van der Waals surface area contributed by atoms with Gasteiger partial charge in [0, 0.05) is 23.3 Å². The first-order chi connectivity index (χ1) is 18.0. The number of nitro benzene ring substituents is 1. The van der Waals surface area contributed by atoms with E-state index in [1.54, 1.807) is 54.6 Å². The second-order valence-electron chi connectivity index (χ2n) is 9.11. The number of H-pyrrole nitrogens is 1. The fourth-order valence-electron chi connectivity index (χ4n) is 3.89. The fraction of sp³-hybridized carbons (Fsp3) is 0.185. The molecule has 0 aliphatic heterocycles. The Balaban J connectivity index is 1.46. The summed E-state index contributed by atoms with van der Waals surface area (Å²) in [4.78, 5) is 22.3. The first-order valence-corrected chi connectivity index (χ1v) is 13.3. The highest BCUT2D eigenvalue weighted by Crippen LogP contribution is 2.26. The molecular formula is C27H26N4O6S. The van der Waals surface area contributed by atoms with Crippen molar-refractivity contribution in [2.24, 2.45) is 0 Å². The predicted octanol–water partition coefficient (Wildman–Crippen LogP) is 4.75. The third-order valence-electron chi connectivity index (χ3n) is 6.11. The van der Waals surface area contributed by atoms with Crippen molar-refractivity contribution in [3.8, 4) is 22.5 Å². The van der Waals surface area contributed by atoms with Crippen molar-refractivity contribution in [2.75, 3.05) is 0 Å². The van der Waals surface area contributed by atoms with Gasteiger partial charge < -0.3 is 5.11 Å². The molecule has 1 aromatic heterocycles. The SMILES string of the molecule is CC(C)c1ccc(S(=O)(=O)NC(Cc2ccc(-c3cc(-c4ccc([N+](=O)[O-])cc4)[nH]n3)cc2)C(=O)O)cc1. The number of hydrogen-bond donors (Lipinski definition) is 3. The number of aromatic amines is 1. The molecule has 4 aromatic rings. The molecular weight excluding hydrogens is 508 g/mol. The molecule has 38 heavy (non-hydrogen) atoms. The van der Waals surface area contributed by atoms with Crippen molar-refractivity contribution in [3.05, 3.63) is 100 Å². The van der Waals surface area contributed by atoms with Crippen molar-refractivity contribution >= 4 is 21.7 Å². The lowest BCUT2D eigenvalue weighted by Crippen LogP contribution is -2.42. The molecule has 0 bridgehead atoms. The number of carbonyl (C=O) groups is 1. The van der Waals surface area contributed by atoms with Gasteiger partial charge in [0.05, 0.1) is 21.2 Å². The highest BCUT2D eigenvalue weighted by Gasteiger charge is 2.26. The molecule has 4 rings (SSSR count). The Hall–Kier alpha value is -4.35. The Kier molecular flexibility index (Phi) is 7.70. The minimum absolute atomic E-state index is 0.00457. The summed E-state index contributed by atoms with van der Waals surface area (Å²) in [5, 5.41) is 27.7. The van der Waals surface area contributed by atoms with Gasteiger partial charge in [-0.05, 0) is 53.8 Å². The minimum Gasteiger partial charge on any atom is -0.480 e. The topological polar surface area (TPSA) is 155 Å². The molecule has 3 aromatic carbocycles. The van der Waals surface area contributed by atoms with Crippen LogP contribution in [-0.4, -0.2) is 40.7 Å². The number of nitrogens with one attached hydrogen (secondary N) is 2. The quantitative estimate of drug-likeness (QED) is 0.196.